The van der Waals surface area contributed by atoms with Crippen molar-refractivity contribution >= 4 is 23.3 Å². The second kappa shape index (κ2) is 7.92. The first-order valence-corrected chi connectivity index (χ1v) is 6.08. The van der Waals surface area contributed by atoms with E-state index in [1.54, 1.807) is 25.1 Å². The first-order valence-electron chi connectivity index (χ1n) is 6.08. The van der Waals surface area contributed by atoms with Gasteiger partial charge in [0.2, 0.25) is 0 Å². The van der Waals surface area contributed by atoms with Gasteiger partial charge in [0.1, 0.15) is 0 Å². The van der Waals surface area contributed by atoms with Crippen LogP contribution in [-0.4, -0.2) is 25.1 Å². The number of carbonyl (C=O) groups is 1. The Morgan fingerprint density at radius 2 is 1.89 bits per heavy atom. The molecule has 0 spiro atoms. The largest absolute Gasteiger partial charge is 0.450 e. The summed E-state index contributed by atoms with van der Waals surface area (Å²) in [6.45, 7) is 8.19. The number of ether oxygens (including phenoxy) is 1. The topological polar surface area (TPSA) is 62.7 Å². The number of hydrogen-bond acceptors (Lipinski definition) is 3. The highest BCUT2D eigenvalue weighted by molar-refractivity contribution is 5.94. The molecule has 0 bridgehead atoms. The van der Waals surface area contributed by atoms with Crippen molar-refractivity contribution in [2.75, 3.05) is 23.8 Å². The van der Waals surface area contributed by atoms with Crippen LogP contribution < -0.4 is 10.6 Å². The summed E-state index contributed by atoms with van der Waals surface area (Å²) in [5.74, 6) is 0.811. The molecule has 5 heteroatoms. The Kier molecular flexibility index (Phi) is 6.15. The lowest BCUT2D eigenvalue weighted by Gasteiger charge is -2.08. The zero-order valence-corrected chi connectivity index (χ0v) is 11.3. The van der Waals surface area contributed by atoms with Gasteiger partial charge in [-0.05, 0) is 38.1 Å². The molecule has 0 atom stereocenters. The summed E-state index contributed by atoms with van der Waals surface area (Å²) < 4.78 is 4.79. The van der Waals surface area contributed by atoms with E-state index >= 15 is 0 Å². The molecule has 0 unspecified atom stereocenters. The average Bonchev–Trinajstić information content (AvgIpc) is 2.39. The smallest absolute Gasteiger partial charge is 0.411 e. The molecule has 0 aromatic heterocycles. The summed E-state index contributed by atoms with van der Waals surface area (Å²) in [5.41, 5.74) is 1.59. The molecule has 1 rings (SSSR count). The first-order chi connectivity index (χ1) is 9.15. The van der Waals surface area contributed by atoms with Crippen LogP contribution in [0.25, 0.3) is 0 Å². The minimum absolute atomic E-state index is 0.352. The van der Waals surface area contributed by atoms with Gasteiger partial charge in [0, 0.05) is 11.4 Å². The number of rotatable bonds is 5. The summed E-state index contributed by atoms with van der Waals surface area (Å²) >= 11 is 0. The molecule has 0 aliphatic rings. The van der Waals surface area contributed by atoms with E-state index in [1.807, 2.05) is 19.1 Å². The second-order valence-electron chi connectivity index (χ2n) is 3.76. The average molecular weight is 261 g/mol. The van der Waals surface area contributed by atoms with E-state index in [0.29, 0.717) is 18.8 Å². The molecular formula is C14H19N3O2. The van der Waals surface area contributed by atoms with Gasteiger partial charge in [-0.3, -0.25) is 10.3 Å². The van der Waals surface area contributed by atoms with E-state index in [2.05, 4.69) is 22.2 Å². The van der Waals surface area contributed by atoms with Crippen LogP contribution in [0, 0.1) is 0 Å². The number of carbonyl (C=O) groups excluding carboxylic acids is 1. The maximum atomic E-state index is 11.2. The fourth-order valence-corrected chi connectivity index (χ4v) is 1.37. The summed E-state index contributed by atoms with van der Waals surface area (Å²) in [7, 11) is 0. The van der Waals surface area contributed by atoms with Crippen LogP contribution in [0.15, 0.2) is 41.9 Å². The van der Waals surface area contributed by atoms with E-state index in [-0.39, 0.29) is 0 Å². The Morgan fingerprint density at radius 1 is 1.32 bits per heavy atom. The highest BCUT2D eigenvalue weighted by Gasteiger charge is 2.01. The Bertz CT molecular complexity index is 452. The molecule has 0 saturated heterocycles. The summed E-state index contributed by atoms with van der Waals surface area (Å²) in [5, 5.41) is 5.77. The zero-order valence-electron chi connectivity index (χ0n) is 11.3. The van der Waals surface area contributed by atoms with Crippen LogP contribution in [0.4, 0.5) is 16.2 Å². The molecule has 0 aliphatic heterocycles. The van der Waals surface area contributed by atoms with Crippen molar-refractivity contribution in [3.63, 3.8) is 0 Å². The molecule has 0 fully saturated rings. The highest BCUT2D eigenvalue weighted by atomic mass is 16.5. The van der Waals surface area contributed by atoms with Crippen molar-refractivity contribution < 1.29 is 9.53 Å². The lowest BCUT2D eigenvalue weighted by atomic mass is 10.3. The molecule has 0 radical (unpaired) electrons. The number of aliphatic imine (C=N–C) groups is 1. The number of amidine groups is 1. The molecule has 1 aromatic carbocycles. The monoisotopic (exact) mass is 261 g/mol. The van der Waals surface area contributed by atoms with Gasteiger partial charge in [-0.25, -0.2) is 4.79 Å². The van der Waals surface area contributed by atoms with Crippen LogP contribution in [0.3, 0.4) is 0 Å². The molecule has 2 N–H and O–H groups in total. The highest BCUT2D eigenvalue weighted by Crippen LogP contribution is 2.13. The predicted molar refractivity (Wildman–Crippen MR) is 78.9 cm³/mol. The third-order valence-corrected chi connectivity index (χ3v) is 2.19. The van der Waals surface area contributed by atoms with Crippen LogP contribution in [0.1, 0.15) is 13.8 Å². The Morgan fingerprint density at radius 3 is 2.42 bits per heavy atom. The van der Waals surface area contributed by atoms with Crippen LogP contribution in [0.2, 0.25) is 0 Å². The van der Waals surface area contributed by atoms with Crippen LogP contribution in [0.5, 0.6) is 0 Å². The van der Waals surface area contributed by atoms with Crippen LogP contribution in [-0.2, 0) is 4.74 Å². The van der Waals surface area contributed by atoms with Gasteiger partial charge in [-0.1, -0.05) is 6.08 Å². The number of hydrogen-bond donors (Lipinski definition) is 2. The second-order valence-corrected chi connectivity index (χ2v) is 3.76. The number of amides is 1. The summed E-state index contributed by atoms with van der Waals surface area (Å²) in [4.78, 5) is 15.4. The van der Waals surface area contributed by atoms with Crippen molar-refractivity contribution in [2.45, 2.75) is 13.8 Å². The lowest BCUT2D eigenvalue weighted by Crippen LogP contribution is -2.13. The standard InChI is InChI=1S/C14H19N3O2/c1-4-10-15-11(3)16-12-6-8-13(9-7-12)17-14(18)19-5-2/h4,6-9H,1,5,10H2,2-3H3,(H,15,16)(H,17,18). The predicted octanol–water partition coefficient (Wildman–Crippen LogP) is 3.27. The first kappa shape index (κ1) is 14.8. The number of nitrogens with one attached hydrogen (secondary N) is 2. The SMILES string of the molecule is C=CC/N=C(\C)Nc1ccc(NC(=O)OCC)cc1. The molecule has 0 aliphatic carbocycles. The van der Waals surface area contributed by atoms with Gasteiger partial charge < -0.3 is 10.1 Å². The molecule has 0 saturated carbocycles. The minimum Gasteiger partial charge on any atom is -0.450 e. The number of benzene rings is 1. The minimum atomic E-state index is -0.452. The Balaban J connectivity index is 2.56. The van der Waals surface area contributed by atoms with Gasteiger partial charge in [-0.15, -0.1) is 6.58 Å². The van der Waals surface area contributed by atoms with E-state index in [9.17, 15) is 4.79 Å². The quantitative estimate of drug-likeness (QED) is 0.486. The number of anilines is 2. The maximum Gasteiger partial charge on any atom is 0.411 e. The third-order valence-electron chi connectivity index (χ3n) is 2.19. The Hall–Kier alpha value is -2.30. The van der Waals surface area contributed by atoms with E-state index in [1.165, 1.54) is 0 Å². The van der Waals surface area contributed by atoms with Crippen molar-refractivity contribution in [3.05, 3.63) is 36.9 Å². The van der Waals surface area contributed by atoms with Gasteiger partial charge in [0.05, 0.1) is 19.0 Å². The van der Waals surface area contributed by atoms with Gasteiger partial charge in [0.25, 0.3) is 0 Å². The van der Waals surface area contributed by atoms with E-state index in [0.717, 1.165) is 11.5 Å². The summed E-state index contributed by atoms with van der Waals surface area (Å²) in [6, 6.07) is 7.29. The van der Waals surface area contributed by atoms with Crippen molar-refractivity contribution in [1.29, 1.82) is 0 Å². The maximum absolute atomic E-state index is 11.2. The Labute approximate surface area is 113 Å². The molecule has 5 nitrogen and oxygen atoms in total. The molecule has 0 heterocycles. The van der Waals surface area contributed by atoms with E-state index in [4.69, 9.17) is 4.74 Å². The van der Waals surface area contributed by atoms with Crippen LogP contribution >= 0.6 is 0 Å². The molecule has 19 heavy (non-hydrogen) atoms. The van der Waals surface area contributed by atoms with Gasteiger partial charge in [0.15, 0.2) is 0 Å². The molecule has 1 aromatic rings. The zero-order chi connectivity index (χ0) is 14.1. The molecular weight excluding hydrogens is 242 g/mol. The summed E-state index contributed by atoms with van der Waals surface area (Å²) in [6.07, 6.45) is 1.28. The van der Waals surface area contributed by atoms with Gasteiger partial charge in [-0.2, -0.15) is 0 Å². The van der Waals surface area contributed by atoms with Crippen molar-refractivity contribution in [3.8, 4) is 0 Å². The fraction of sp³-hybridized carbons (Fsp3) is 0.286. The molecule has 1 amide bonds. The van der Waals surface area contributed by atoms with Gasteiger partial charge >= 0.3 is 6.09 Å². The lowest BCUT2D eigenvalue weighted by molar-refractivity contribution is 0.168. The van der Waals surface area contributed by atoms with E-state index < -0.39 is 6.09 Å². The number of nitrogens with zero attached hydrogens (tertiary/aromatic N) is 1. The van der Waals surface area contributed by atoms with Crippen molar-refractivity contribution in [1.82, 2.24) is 0 Å². The molecule has 102 valence electrons. The third kappa shape index (κ3) is 5.72. The van der Waals surface area contributed by atoms with Crippen molar-refractivity contribution in [2.24, 2.45) is 4.99 Å². The normalized spacial score (nSPS) is 10.7. The fourth-order valence-electron chi connectivity index (χ4n) is 1.37.